The van der Waals surface area contributed by atoms with Gasteiger partial charge in [0, 0.05) is 125 Å². The van der Waals surface area contributed by atoms with Crippen LogP contribution in [0.15, 0.2) is 491 Å². The van der Waals surface area contributed by atoms with Crippen LogP contribution in [-0.2, 0) is 0 Å². The highest BCUT2D eigenvalue weighted by Crippen LogP contribution is 2.49. The minimum atomic E-state index is 0.586. The van der Waals surface area contributed by atoms with Crippen LogP contribution in [0.2, 0.25) is 0 Å². The minimum absolute atomic E-state index is 0.586. The smallest absolute Gasteiger partial charge is 0.235 e. The van der Waals surface area contributed by atoms with Crippen LogP contribution in [0.3, 0.4) is 0 Å². The van der Waals surface area contributed by atoms with Gasteiger partial charge in [0.1, 0.15) is 44.6 Å². The SMILES string of the molecule is c1ccc(-c2nc(-n3c4ccccc4c4cc(-c5ccc6c7ccccc7n(-c7ccccc7)c6c5)ccc43)nc3c2ccc2oc4ccccc4c23)cc1.c1ccc(-c2nc(-n3c4ccccc4c4ccc5c6ccccc6[nH]c5c43)nc3c2ccc2oc4ccccc4c23)cc1.c1ccc(-c2nc(-n3c4ccccc4c4ccc5c6ccccc6oc5c43)nc3c2ccc2oc4ccccc4c23)cc1.c1ccccc1. The molecule has 15 heteroatoms. The number of hydrogen-bond donors (Lipinski definition) is 1. The number of benzene rings is 21. The first-order chi connectivity index (χ1) is 72.9. The van der Waals surface area contributed by atoms with Crippen LogP contribution < -0.4 is 0 Å². The molecule has 0 radical (unpaired) electrons. The Bertz CT molecular complexity index is 10800. The van der Waals surface area contributed by atoms with E-state index in [2.05, 4.69) is 357 Å². The predicted octanol–water partition coefficient (Wildman–Crippen LogP) is 34.9. The van der Waals surface area contributed by atoms with Gasteiger partial charge in [-0.2, -0.15) is 0 Å². The van der Waals surface area contributed by atoms with Crippen molar-refractivity contribution in [2.24, 2.45) is 0 Å². The Morgan fingerprint density at radius 2 is 0.497 bits per heavy atom. The van der Waals surface area contributed by atoms with Gasteiger partial charge in [-0.15, -0.1) is 0 Å². The summed E-state index contributed by atoms with van der Waals surface area (Å²) in [5, 5.41) is 22.9. The summed E-state index contributed by atoms with van der Waals surface area (Å²) in [6, 6.07) is 164. The Kier molecular flexibility index (Phi) is 18.7. The van der Waals surface area contributed by atoms with E-state index in [0.29, 0.717) is 17.8 Å². The number of nitrogens with one attached hydrogen (secondary N) is 1. The summed E-state index contributed by atoms with van der Waals surface area (Å²) in [7, 11) is 0. The molecule has 1 N–H and O–H groups in total. The van der Waals surface area contributed by atoms with Crippen LogP contribution in [0.4, 0.5) is 0 Å². The molecule has 0 aliphatic heterocycles. The van der Waals surface area contributed by atoms with E-state index in [1.165, 1.54) is 32.6 Å². The summed E-state index contributed by atoms with van der Waals surface area (Å²) in [4.78, 5) is 36.0. The lowest BCUT2D eigenvalue weighted by Crippen LogP contribution is -2.04. The van der Waals surface area contributed by atoms with Crippen molar-refractivity contribution in [1.82, 2.24) is 53.2 Å². The van der Waals surface area contributed by atoms with Crippen LogP contribution in [0.1, 0.15) is 0 Å². The van der Waals surface area contributed by atoms with Crippen LogP contribution in [-0.4, -0.2) is 53.2 Å². The molecule has 0 spiro atoms. The van der Waals surface area contributed by atoms with Crippen molar-refractivity contribution in [3.8, 4) is 68.4 Å². The summed E-state index contributed by atoms with van der Waals surface area (Å²) >= 11 is 0. The fourth-order valence-corrected chi connectivity index (χ4v) is 22.7. The first-order valence-corrected chi connectivity index (χ1v) is 49.4. The van der Waals surface area contributed by atoms with E-state index < -0.39 is 0 Å². The van der Waals surface area contributed by atoms with Crippen molar-refractivity contribution in [2.75, 3.05) is 0 Å². The fourth-order valence-electron chi connectivity index (χ4n) is 22.7. The maximum absolute atomic E-state index is 6.58. The zero-order chi connectivity index (χ0) is 96.4. The molecule has 0 atom stereocenters. The molecule has 0 saturated heterocycles. The number of H-pyrrole nitrogens is 1. The normalized spacial score (nSPS) is 11.9. The lowest BCUT2D eigenvalue weighted by Gasteiger charge is -2.12. The van der Waals surface area contributed by atoms with E-state index in [4.69, 9.17) is 47.6 Å². The Labute approximate surface area is 836 Å². The minimum Gasteiger partial charge on any atom is -0.456 e. The van der Waals surface area contributed by atoms with Crippen LogP contribution in [0, 0.1) is 0 Å². The molecular weight excluding hydrogens is 1800 g/mol. The highest BCUT2D eigenvalue weighted by Gasteiger charge is 2.29. The van der Waals surface area contributed by atoms with Gasteiger partial charge in [-0.25, -0.2) is 29.9 Å². The molecule has 33 rings (SSSR count). The van der Waals surface area contributed by atoms with Crippen molar-refractivity contribution >= 4 is 229 Å². The summed E-state index contributed by atoms with van der Waals surface area (Å²) < 4.78 is 34.5. The van der Waals surface area contributed by atoms with Crippen molar-refractivity contribution < 1.29 is 17.7 Å². The number of aromatic amines is 1. The quantitative estimate of drug-likeness (QED) is 0.155. The highest BCUT2D eigenvalue weighted by atomic mass is 16.3. The molecule has 0 aliphatic carbocycles. The molecule has 0 saturated carbocycles. The standard InChI is InChI=1S/C50H30N4O.C38H22N4O.C38H21N3O2.C6H6/c1-3-13-31(14-4-1)48-39-26-28-46-47(38-19-9-12-22-45(38)55-46)49(39)52-50(51-48)54-42-21-11-8-18-36(42)40-29-32(24-27-43(40)54)33-23-25-37-35-17-7-10-20-41(35)53(44(37)30-33)34-15-5-2-6-16-34;1-2-10-22(11-3-1)34-28-20-21-32-33(27-14-6-9-17-31(27)43-32)35(28)41-38(40-34)42-30-16-8-5-13-24(30)26-19-18-25-23-12-4-7-15-29(23)39-36(25)37(26)42;1-2-10-22(11-3-1)34-28-20-21-32-33(27-14-6-9-17-31(27)42-32)35(28)40-38(39-34)41-29-15-7-4-12-23(29)25-18-19-26-24-13-5-8-16-30(24)43-37(26)36(25)41;1-2-4-6-5-3-1/h1-30H;1-21,39H;1-21H;1-6H. The van der Waals surface area contributed by atoms with Gasteiger partial charge in [0.25, 0.3) is 0 Å². The summed E-state index contributed by atoms with van der Waals surface area (Å²) in [6.45, 7) is 0. The molecule has 21 aromatic carbocycles. The lowest BCUT2D eigenvalue weighted by molar-refractivity contribution is 0.668. The maximum atomic E-state index is 6.58. The highest BCUT2D eigenvalue weighted by molar-refractivity contribution is 6.27. The maximum Gasteiger partial charge on any atom is 0.235 e. The zero-order valence-electron chi connectivity index (χ0n) is 78.6. The largest absolute Gasteiger partial charge is 0.456 e. The molecular formula is C132H79N11O4. The number of rotatable bonds is 8. The van der Waals surface area contributed by atoms with Crippen molar-refractivity contribution in [3.63, 3.8) is 0 Å². The van der Waals surface area contributed by atoms with E-state index in [9.17, 15) is 0 Å². The van der Waals surface area contributed by atoms with Gasteiger partial charge in [0.05, 0.1) is 93.9 Å². The van der Waals surface area contributed by atoms with E-state index >= 15 is 0 Å². The van der Waals surface area contributed by atoms with Crippen molar-refractivity contribution in [1.29, 1.82) is 0 Å². The monoisotopic (exact) mass is 1880 g/mol. The molecule has 0 aliphatic rings. The van der Waals surface area contributed by atoms with Crippen molar-refractivity contribution in [2.45, 2.75) is 0 Å². The number of nitrogens with zero attached hydrogens (tertiary/aromatic N) is 10. The average Bonchev–Trinajstić information content (AvgIpc) is 1.57. The third-order valence-electron chi connectivity index (χ3n) is 29.2. The molecule has 0 amide bonds. The fraction of sp³-hybridized carbons (Fsp3) is 0. The molecule has 15 nitrogen and oxygen atoms in total. The second-order valence-corrected chi connectivity index (χ2v) is 37.4. The molecule has 0 fully saturated rings. The van der Waals surface area contributed by atoms with E-state index in [0.717, 1.165) is 248 Å². The van der Waals surface area contributed by atoms with Gasteiger partial charge in [0.15, 0.2) is 5.58 Å². The number of para-hydroxylation sites is 10. The molecule has 0 unspecified atom stereocenters. The summed E-state index contributed by atoms with van der Waals surface area (Å²) in [6.07, 6.45) is 0. The number of hydrogen-bond acceptors (Lipinski definition) is 10. The molecule has 12 heterocycles. The molecule has 33 aromatic rings. The molecule has 147 heavy (non-hydrogen) atoms. The topological polar surface area (TPSA) is 165 Å². The third-order valence-corrected chi connectivity index (χ3v) is 29.2. The van der Waals surface area contributed by atoms with E-state index in [-0.39, 0.29) is 0 Å². The zero-order valence-corrected chi connectivity index (χ0v) is 78.6. The Morgan fingerprint density at radius 3 is 0.986 bits per heavy atom. The summed E-state index contributed by atoms with van der Waals surface area (Å²) in [5.41, 5.74) is 29.2. The Hall–Kier alpha value is -20.2. The van der Waals surface area contributed by atoms with Crippen LogP contribution >= 0.6 is 0 Å². The van der Waals surface area contributed by atoms with Gasteiger partial charge in [-0.1, -0.05) is 346 Å². The van der Waals surface area contributed by atoms with Crippen molar-refractivity contribution in [3.05, 3.63) is 473 Å². The molecule has 0 bridgehead atoms. The number of furan rings is 4. The van der Waals surface area contributed by atoms with Gasteiger partial charge in [0.2, 0.25) is 17.8 Å². The van der Waals surface area contributed by atoms with Gasteiger partial charge >= 0.3 is 0 Å². The number of aromatic nitrogens is 11. The van der Waals surface area contributed by atoms with E-state index in [1.807, 2.05) is 140 Å². The Morgan fingerprint density at radius 1 is 0.177 bits per heavy atom. The first-order valence-electron chi connectivity index (χ1n) is 49.4. The predicted molar refractivity (Wildman–Crippen MR) is 603 cm³/mol. The van der Waals surface area contributed by atoms with Gasteiger partial charge < -0.3 is 27.2 Å². The third kappa shape index (κ3) is 13.1. The average molecular weight is 1880 g/mol. The Balaban J connectivity index is 0.0000000999. The summed E-state index contributed by atoms with van der Waals surface area (Å²) in [5.74, 6) is 1.83. The van der Waals surface area contributed by atoms with Gasteiger partial charge in [-0.05, 0) is 139 Å². The second kappa shape index (κ2) is 33.3. The second-order valence-electron chi connectivity index (χ2n) is 37.4. The van der Waals surface area contributed by atoms with Crippen LogP contribution in [0.25, 0.3) is 298 Å². The number of fused-ring (bicyclic) bond motifs is 35. The molecule has 686 valence electrons. The van der Waals surface area contributed by atoms with Gasteiger partial charge in [-0.3, -0.25) is 13.7 Å². The first kappa shape index (κ1) is 82.7. The van der Waals surface area contributed by atoms with Crippen LogP contribution in [0.5, 0.6) is 0 Å². The van der Waals surface area contributed by atoms with E-state index in [1.54, 1.807) is 0 Å². The molecule has 12 aromatic heterocycles. The lowest BCUT2D eigenvalue weighted by atomic mass is 10.0.